The van der Waals surface area contributed by atoms with Crippen LogP contribution in [-0.4, -0.2) is 22.1 Å². The van der Waals surface area contributed by atoms with Gasteiger partial charge >= 0.3 is 0 Å². The Balaban J connectivity index is 3.22. The molecule has 60 valence electrons. The smallest absolute Gasteiger partial charge is 0.217 e. The van der Waals surface area contributed by atoms with Crippen LogP contribution in [0.15, 0.2) is 0 Å². The van der Waals surface area contributed by atoms with Gasteiger partial charge in [0.05, 0.1) is 0 Å². The molecule has 1 atom stereocenters. The molecule has 0 aliphatic rings. The number of carbonyl (C=O) groups is 1. The van der Waals surface area contributed by atoms with Gasteiger partial charge in [0.2, 0.25) is 5.12 Å². The summed E-state index contributed by atoms with van der Waals surface area (Å²) >= 11 is 1.22. The Hall–Kier alpha value is -0.0200. The standard InChI is InChI=1S/C7H14O2S/c1-3-4-5-10-7(9)6(2)8/h6,8H,3-5H2,1-2H3/t6-/m1/s1. The van der Waals surface area contributed by atoms with E-state index in [-0.39, 0.29) is 5.12 Å². The SMILES string of the molecule is CCCCSC(=O)[C@@H](C)O. The van der Waals surface area contributed by atoms with E-state index in [2.05, 4.69) is 6.92 Å². The fraction of sp³-hybridized carbons (Fsp3) is 0.857. The topological polar surface area (TPSA) is 37.3 Å². The van der Waals surface area contributed by atoms with E-state index in [9.17, 15) is 4.79 Å². The van der Waals surface area contributed by atoms with Crippen LogP contribution in [-0.2, 0) is 4.79 Å². The molecule has 0 rings (SSSR count). The monoisotopic (exact) mass is 162 g/mol. The minimum atomic E-state index is -0.804. The van der Waals surface area contributed by atoms with Crippen LogP contribution >= 0.6 is 11.8 Å². The molecule has 3 heteroatoms. The number of hydrogen-bond acceptors (Lipinski definition) is 3. The lowest BCUT2D eigenvalue weighted by Gasteiger charge is -2.00. The maximum atomic E-state index is 10.7. The average Bonchev–Trinajstić information content (AvgIpc) is 1.88. The van der Waals surface area contributed by atoms with E-state index >= 15 is 0 Å². The van der Waals surface area contributed by atoms with Crippen molar-refractivity contribution < 1.29 is 9.90 Å². The van der Waals surface area contributed by atoms with E-state index in [1.165, 1.54) is 18.7 Å². The van der Waals surface area contributed by atoms with Crippen molar-refractivity contribution in [2.45, 2.75) is 32.8 Å². The molecule has 0 fully saturated rings. The van der Waals surface area contributed by atoms with Crippen molar-refractivity contribution in [1.82, 2.24) is 0 Å². The Morgan fingerprint density at radius 3 is 2.70 bits per heavy atom. The zero-order chi connectivity index (χ0) is 7.98. The first kappa shape index (κ1) is 9.98. The van der Waals surface area contributed by atoms with Gasteiger partial charge in [-0.1, -0.05) is 25.1 Å². The highest BCUT2D eigenvalue weighted by Gasteiger charge is 2.07. The van der Waals surface area contributed by atoms with E-state index in [4.69, 9.17) is 5.11 Å². The lowest BCUT2D eigenvalue weighted by Crippen LogP contribution is -2.11. The second kappa shape index (κ2) is 5.74. The van der Waals surface area contributed by atoms with Crippen LogP contribution in [0.3, 0.4) is 0 Å². The zero-order valence-corrected chi connectivity index (χ0v) is 7.28. The highest BCUT2D eigenvalue weighted by atomic mass is 32.2. The van der Waals surface area contributed by atoms with Crippen LogP contribution in [0.1, 0.15) is 26.7 Å². The lowest BCUT2D eigenvalue weighted by atomic mass is 10.4. The fourth-order valence-corrected chi connectivity index (χ4v) is 1.31. The molecule has 0 amide bonds. The summed E-state index contributed by atoms with van der Waals surface area (Å²) in [7, 11) is 0. The number of aliphatic hydroxyl groups is 1. The quantitative estimate of drug-likeness (QED) is 0.635. The molecule has 0 heterocycles. The molecule has 0 aliphatic heterocycles. The molecule has 0 aromatic heterocycles. The molecule has 0 radical (unpaired) electrons. The summed E-state index contributed by atoms with van der Waals surface area (Å²) < 4.78 is 0. The largest absolute Gasteiger partial charge is 0.385 e. The van der Waals surface area contributed by atoms with E-state index in [0.29, 0.717) is 0 Å². The molecule has 0 aromatic carbocycles. The van der Waals surface area contributed by atoms with E-state index in [1.54, 1.807) is 0 Å². The molecule has 0 bridgehead atoms. The highest BCUT2D eigenvalue weighted by Crippen LogP contribution is 2.07. The molecule has 2 nitrogen and oxygen atoms in total. The second-order valence-electron chi connectivity index (χ2n) is 2.20. The Kier molecular flexibility index (Phi) is 5.73. The molecular formula is C7H14O2S. The van der Waals surface area contributed by atoms with Crippen molar-refractivity contribution in [2.24, 2.45) is 0 Å². The van der Waals surface area contributed by atoms with Gasteiger partial charge in [0.25, 0.3) is 0 Å². The molecule has 0 unspecified atom stereocenters. The van der Waals surface area contributed by atoms with Gasteiger partial charge in [-0.2, -0.15) is 0 Å². The summed E-state index contributed by atoms with van der Waals surface area (Å²) in [6.45, 7) is 3.58. The Morgan fingerprint density at radius 2 is 2.30 bits per heavy atom. The molecular weight excluding hydrogens is 148 g/mol. The number of rotatable bonds is 4. The van der Waals surface area contributed by atoms with Gasteiger partial charge in [-0.05, 0) is 13.3 Å². The third-order valence-electron chi connectivity index (χ3n) is 1.08. The number of carbonyl (C=O) groups excluding carboxylic acids is 1. The summed E-state index contributed by atoms with van der Waals surface area (Å²) in [6.07, 6.45) is 1.34. The number of thioether (sulfide) groups is 1. The highest BCUT2D eigenvalue weighted by molar-refractivity contribution is 8.13. The third-order valence-corrected chi connectivity index (χ3v) is 2.20. The number of hydrogen-bond donors (Lipinski definition) is 1. The first-order valence-corrected chi connectivity index (χ1v) is 4.51. The van der Waals surface area contributed by atoms with Gasteiger partial charge in [0.1, 0.15) is 6.10 Å². The van der Waals surface area contributed by atoms with E-state index in [0.717, 1.165) is 18.6 Å². The van der Waals surface area contributed by atoms with Gasteiger partial charge in [-0.25, -0.2) is 0 Å². The molecule has 1 N–H and O–H groups in total. The van der Waals surface area contributed by atoms with Crippen LogP contribution in [0.25, 0.3) is 0 Å². The third kappa shape index (κ3) is 4.82. The van der Waals surface area contributed by atoms with E-state index < -0.39 is 6.10 Å². The van der Waals surface area contributed by atoms with Crippen LogP contribution in [0.2, 0.25) is 0 Å². The maximum Gasteiger partial charge on any atom is 0.217 e. The van der Waals surface area contributed by atoms with E-state index in [1.807, 2.05) is 0 Å². The first-order valence-electron chi connectivity index (χ1n) is 3.53. The van der Waals surface area contributed by atoms with Crippen LogP contribution in [0, 0.1) is 0 Å². The fourth-order valence-electron chi connectivity index (χ4n) is 0.438. The molecule has 0 aliphatic carbocycles. The van der Waals surface area contributed by atoms with Crippen molar-refractivity contribution in [3.63, 3.8) is 0 Å². The van der Waals surface area contributed by atoms with Crippen molar-refractivity contribution in [3.05, 3.63) is 0 Å². The van der Waals surface area contributed by atoms with Crippen molar-refractivity contribution >= 4 is 16.9 Å². The van der Waals surface area contributed by atoms with Crippen molar-refractivity contribution in [1.29, 1.82) is 0 Å². The number of unbranched alkanes of at least 4 members (excludes halogenated alkanes) is 1. The summed E-state index contributed by atoms with van der Waals surface area (Å²) in [6, 6.07) is 0. The molecule has 0 spiro atoms. The van der Waals surface area contributed by atoms with Gasteiger partial charge in [-0.15, -0.1) is 0 Å². The predicted molar refractivity (Wildman–Crippen MR) is 44.1 cm³/mol. The summed E-state index contributed by atoms with van der Waals surface area (Å²) in [4.78, 5) is 10.7. The van der Waals surface area contributed by atoms with Gasteiger partial charge in [0.15, 0.2) is 0 Å². The maximum absolute atomic E-state index is 10.7. The molecule has 0 saturated heterocycles. The second-order valence-corrected chi connectivity index (χ2v) is 3.30. The van der Waals surface area contributed by atoms with Gasteiger partial charge in [0, 0.05) is 5.75 Å². The van der Waals surface area contributed by atoms with Crippen molar-refractivity contribution in [3.8, 4) is 0 Å². The minimum absolute atomic E-state index is 0.117. The number of aliphatic hydroxyl groups excluding tert-OH is 1. The zero-order valence-electron chi connectivity index (χ0n) is 6.46. The average molecular weight is 162 g/mol. The first-order chi connectivity index (χ1) is 4.68. The normalized spacial score (nSPS) is 13.1. The Bertz CT molecular complexity index is 102. The van der Waals surface area contributed by atoms with Gasteiger partial charge in [-0.3, -0.25) is 4.79 Å². The predicted octanol–water partition coefficient (Wildman–Crippen LogP) is 1.43. The Labute approximate surface area is 66.0 Å². The van der Waals surface area contributed by atoms with Crippen LogP contribution in [0.5, 0.6) is 0 Å². The van der Waals surface area contributed by atoms with Crippen LogP contribution in [0.4, 0.5) is 0 Å². The summed E-state index contributed by atoms with van der Waals surface area (Å²) in [5.74, 6) is 0.834. The lowest BCUT2D eigenvalue weighted by molar-refractivity contribution is -0.117. The molecule has 10 heavy (non-hydrogen) atoms. The summed E-state index contributed by atoms with van der Waals surface area (Å²) in [5.41, 5.74) is 0. The minimum Gasteiger partial charge on any atom is -0.385 e. The van der Waals surface area contributed by atoms with Gasteiger partial charge < -0.3 is 5.11 Å². The Morgan fingerprint density at radius 1 is 1.70 bits per heavy atom. The summed E-state index contributed by atoms with van der Waals surface area (Å²) in [5, 5.41) is 8.63. The molecule has 0 aromatic rings. The van der Waals surface area contributed by atoms with Crippen molar-refractivity contribution in [2.75, 3.05) is 5.75 Å². The van der Waals surface area contributed by atoms with Crippen LogP contribution < -0.4 is 0 Å². The molecule has 0 saturated carbocycles.